The first-order chi connectivity index (χ1) is 8.23. The third-order valence-electron chi connectivity index (χ3n) is 4.02. The van der Waals surface area contributed by atoms with Gasteiger partial charge >= 0.3 is 0 Å². The molecule has 1 aliphatic heterocycles. The van der Waals surface area contributed by atoms with Crippen LogP contribution in [0.25, 0.3) is 0 Å². The molecule has 0 atom stereocenters. The van der Waals surface area contributed by atoms with Gasteiger partial charge in [0.05, 0.1) is 5.56 Å². The summed E-state index contributed by atoms with van der Waals surface area (Å²) in [5.74, 6) is 0.749. The molecular weight excluding hydrogens is 214 g/mol. The summed E-state index contributed by atoms with van der Waals surface area (Å²) >= 11 is 0. The zero-order chi connectivity index (χ0) is 12.3. The Balaban J connectivity index is 2.11. The Bertz CT molecular complexity index is 384. The van der Waals surface area contributed by atoms with Crippen molar-refractivity contribution in [1.82, 2.24) is 9.97 Å². The van der Waals surface area contributed by atoms with Crippen molar-refractivity contribution in [3.05, 3.63) is 18.0 Å². The van der Waals surface area contributed by atoms with E-state index in [-0.39, 0.29) is 0 Å². The molecule has 4 nitrogen and oxygen atoms in total. The molecule has 0 amide bonds. The van der Waals surface area contributed by atoms with Crippen molar-refractivity contribution < 1.29 is 4.79 Å². The zero-order valence-electron chi connectivity index (χ0n) is 10.5. The fourth-order valence-corrected chi connectivity index (χ4v) is 2.49. The molecule has 0 spiro atoms. The van der Waals surface area contributed by atoms with E-state index in [1.165, 1.54) is 19.3 Å². The van der Waals surface area contributed by atoms with Crippen LogP contribution in [0.4, 0.5) is 5.95 Å². The SMILES string of the molecule is CCC1(CC)CCN(c2ncc(C=O)cn2)C1. The van der Waals surface area contributed by atoms with Crippen LogP contribution in [-0.2, 0) is 0 Å². The fourth-order valence-electron chi connectivity index (χ4n) is 2.49. The number of hydrogen-bond acceptors (Lipinski definition) is 4. The second-order valence-electron chi connectivity index (χ2n) is 4.81. The van der Waals surface area contributed by atoms with Gasteiger partial charge in [-0.05, 0) is 24.7 Å². The van der Waals surface area contributed by atoms with Gasteiger partial charge in [-0.15, -0.1) is 0 Å². The van der Waals surface area contributed by atoms with Gasteiger partial charge in [-0.2, -0.15) is 0 Å². The maximum absolute atomic E-state index is 10.5. The first kappa shape index (κ1) is 12.0. The summed E-state index contributed by atoms with van der Waals surface area (Å²) in [5, 5.41) is 0. The van der Waals surface area contributed by atoms with Crippen molar-refractivity contribution in [2.75, 3.05) is 18.0 Å². The average molecular weight is 233 g/mol. The Kier molecular flexibility index (Phi) is 3.41. The predicted octanol–water partition coefficient (Wildman–Crippen LogP) is 2.31. The topological polar surface area (TPSA) is 46.1 Å². The number of nitrogens with zero attached hydrogens (tertiary/aromatic N) is 3. The monoisotopic (exact) mass is 233 g/mol. The van der Waals surface area contributed by atoms with E-state index >= 15 is 0 Å². The average Bonchev–Trinajstić information content (AvgIpc) is 2.84. The first-order valence-corrected chi connectivity index (χ1v) is 6.25. The summed E-state index contributed by atoms with van der Waals surface area (Å²) in [7, 11) is 0. The van der Waals surface area contributed by atoms with Crippen LogP contribution < -0.4 is 4.90 Å². The molecule has 2 heterocycles. The third kappa shape index (κ3) is 2.30. The lowest BCUT2D eigenvalue weighted by Gasteiger charge is -2.26. The van der Waals surface area contributed by atoms with Crippen LogP contribution >= 0.6 is 0 Å². The fraction of sp³-hybridized carbons (Fsp3) is 0.615. The highest BCUT2D eigenvalue weighted by Gasteiger charge is 2.35. The van der Waals surface area contributed by atoms with E-state index < -0.39 is 0 Å². The number of aromatic nitrogens is 2. The number of carbonyl (C=O) groups is 1. The predicted molar refractivity (Wildman–Crippen MR) is 67.3 cm³/mol. The van der Waals surface area contributed by atoms with Crippen LogP contribution in [0.3, 0.4) is 0 Å². The minimum Gasteiger partial charge on any atom is -0.340 e. The molecule has 17 heavy (non-hydrogen) atoms. The van der Waals surface area contributed by atoms with E-state index in [4.69, 9.17) is 0 Å². The molecule has 2 rings (SSSR count). The minimum atomic E-state index is 0.423. The molecule has 0 aromatic carbocycles. The molecule has 4 heteroatoms. The second kappa shape index (κ2) is 4.82. The second-order valence-corrected chi connectivity index (χ2v) is 4.81. The summed E-state index contributed by atoms with van der Waals surface area (Å²) in [4.78, 5) is 21.3. The molecule has 0 unspecified atom stereocenters. The summed E-state index contributed by atoms with van der Waals surface area (Å²) in [5.41, 5.74) is 0.956. The Morgan fingerprint density at radius 1 is 1.35 bits per heavy atom. The van der Waals surface area contributed by atoms with Gasteiger partial charge in [0.15, 0.2) is 6.29 Å². The molecule has 1 fully saturated rings. The Morgan fingerprint density at radius 2 is 2.00 bits per heavy atom. The van der Waals surface area contributed by atoms with E-state index in [1.807, 2.05) is 0 Å². The molecule has 0 N–H and O–H groups in total. The van der Waals surface area contributed by atoms with Crippen molar-refractivity contribution in [2.24, 2.45) is 5.41 Å². The number of aldehydes is 1. The summed E-state index contributed by atoms with van der Waals surface area (Å²) in [6.45, 7) is 6.55. The van der Waals surface area contributed by atoms with E-state index in [0.717, 1.165) is 25.3 Å². The highest BCUT2D eigenvalue weighted by molar-refractivity contribution is 5.73. The lowest BCUT2D eigenvalue weighted by Crippen LogP contribution is -2.27. The molecule has 1 aliphatic rings. The van der Waals surface area contributed by atoms with Crippen molar-refractivity contribution in [1.29, 1.82) is 0 Å². The first-order valence-electron chi connectivity index (χ1n) is 6.25. The highest BCUT2D eigenvalue weighted by atomic mass is 16.1. The molecule has 0 radical (unpaired) electrons. The largest absolute Gasteiger partial charge is 0.340 e. The molecule has 1 aromatic heterocycles. The lowest BCUT2D eigenvalue weighted by molar-refractivity contribution is 0.112. The number of anilines is 1. The van der Waals surface area contributed by atoms with Crippen LogP contribution in [0.5, 0.6) is 0 Å². The maximum atomic E-state index is 10.5. The summed E-state index contributed by atoms with van der Waals surface area (Å²) < 4.78 is 0. The quantitative estimate of drug-likeness (QED) is 0.749. The van der Waals surface area contributed by atoms with Crippen LogP contribution in [0.1, 0.15) is 43.5 Å². The van der Waals surface area contributed by atoms with Gasteiger partial charge in [0.1, 0.15) is 0 Å². The Morgan fingerprint density at radius 3 is 2.47 bits per heavy atom. The third-order valence-corrected chi connectivity index (χ3v) is 4.02. The molecule has 92 valence electrons. The molecule has 0 saturated carbocycles. The summed E-state index contributed by atoms with van der Waals surface area (Å²) in [6.07, 6.45) is 7.56. The van der Waals surface area contributed by atoms with E-state index in [0.29, 0.717) is 11.0 Å². The summed E-state index contributed by atoms with van der Waals surface area (Å²) in [6, 6.07) is 0. The number of hydrogen-bond donors (Lipinski definition) is 0. The van der Waals surface area contributed by atoms with Gasteiger partial charge in [0, 0.05) is 25.5 Å². The highest BCUT2D eigenvalue weighted by Crippen LogP contribution is 2.37. The van der Waals surface area contributed by atoms with Gasteiger partial charge in [0.2, 0.25) is 5.95 Å². The minimum absolute atomic E-state index is 0.423. The van der Waals surface area contributed by atoms with Gasteiger partial charge in [-0.1, -0.05) is 13.8 Å². The Hall–Kier alpha value is -1.45. The number of rotatable bonds is 4. The normalized spacial score (nSPS) is 18.4. The van der Waals surface area contributed by atoms with Crippen LogP contribution in [-0.4, -0.2) is 29.3 Å². The standard InChI is InChI=1S/C13H19N3O/c1-3-13(4-2)5-6-16(10-13)12-14-7-11(9-17)8-15-12/h7-9H,3-6,10H2,1-2H3. The number of carbonyl (C=O) groups excluding carboxylic acids is 1. The molecule has 1 aromatic rings. The van der Waals surface area contributed by atoms with Crippen molar-refractivity contribution in [2.45, 2.75) is 33.1 Å². The van der Waals surface area contributed by atoms with E-state index in [1.54, 1.807) is 12.4 Å². The smallest absolute Gasteiger partial charge is 0.225 e. The van der Waals surface area contributed by atoms with Crippen LogP contribution in [0.15, 0.2) is 12.4 Å². The van der Waals surface area contributed by atoms with Crippen molar-refractivity contribution in [3.8, 4) is 0 Å². The Labute approximate surface area is 102 Å². The van der Waals surface area contributed by atoms with Gasteiger partial charge < -0.3 is 4.90 Å². The van der Waals surface area contributed by atoms with Crippen LogP contribution in [0.2, 0.25) is 0 Å². The van der Waals surface area contributed by atoms with Gasteiger partial charge in [0.25, 0.3) is 0 Å². The molecule has 0 bridgehead atoms. The lowest BCUT2D eigenvalue weighted by atomic mass is 9.82. The zero-order valence-corrected chi connectivity index (χ0v) is 10.5. The van der Waals surface area contributed by atoms with Gasteiger partial charge in [-0.25, -0.2) is 9.97 Å². The van der Waals surface area contributed by atoms with Crippen molar-refractivity contribution >= 4 is 12.2 Å². The molecule has 1 saturated heterocycles. The van der Waals surface area contributed by atoms with Crippen molar-refractivity contribution in [3.63, 3.8) is 0 Å². The maximum Gasteiger partial charge on any atom is 0.225 e. The van der Waals surface area contributed by atoms with Crippen LogP contribution in [0, 0.1) is 5.41 Å². The molecular formula is C13H19N3O. The van der Waals surface area contributed by atoms with E-state index in [9.17, 15) is 4.79 Å². The molecule has 0 aliphatic carbocycles. The van der Waals surface area contributed by atoms with Gasteiger partial charge in [-0.3, -0.25) is 4.79 Å². The van der Waals surface area contributed by atoms with E-state index in [2.05, 4.69) is 28.7 Å².